The summed E-state index contributed by atoms with van der Waals surface area (Å²) in [5, 5.41) is 0. The maximum absolute atomic E-state index is 12.1. The molecule has 0 spiro atoms. The van der Waals surface area contributed by atoms with Crippen molar-refractivity contribution in [3.63, 3.8) is 0 Å². The summed E-state index contributed by atoms with van der Waals surface area (Å²) >= 11 is 0. The van der Waals surface area contributed by atoms with Crippen molar-refractivity contribution in [2.24, 2.45) is 40.4 Å². The fourth-order valence-corrected chi connectivity index (χ4v) is 12.7. The summed E-state index contributed by atoms with van der Waals surface area (Å²) in [6.45, 7) is 28.5. The number of carbonyl (C=O) groups is 1. The van der Waals surface area contributed by atoms with E-state index in [1.54, 1.807) is 5.57 Å². The van der Waals surface area contributed by atoms with Crippen molar-refractivity contribution in [3.8, 4) is 0 Å². The Hall–Kier alpha value is -0.679. The standard InChI is InChI=1S/C34H62O5Si3/c1-23(14-17-31(35)36-4)26-15-16-27-32-28(22-30(34(26,27)3)39-42(11,12)13)33(2)19-18-25(37-40(5,6)7)20-24(33)21-29(32)38-41(8,9)10/h18,20,23,26-30,32H,14-17,19,21-22H2,1-13H3/t23?,26-,27?,28?,29-,30+,32?,33+,34-/m1/s1. The van der Waals surface area contributed by atoms with Gasteiger partial charge >= 0.3 is 5.97 Å². The SMILES string of the molecule is COC(=O)CCC(C)[C@H]1CCC2C3C(C[C@H](O[Si](C)(C)C)[C@@]21C)[C@@]1(C)CC=C(O[Si](C)(C)C)C=C1C[C@H]3O[Si](C)(C)C. The number of allylic oxidation sites excluding steroid dienone is 2. The molecule has 0 aromatic carbocycles. The van der Waals surface area contributed by atoms with Gasteiger partial charge in [-0.15, -0.1) is 0 Å². The number of hydrogen-bond acceptors (Lipinski definition) is 5. The summed E-state index contributed by atoms with van der Waals surface area (Å²) in [5.41, 5.74) is 1.72. The molecule has 3 saturated carbocycles. The van der Waals surface area contributed by atoms with Crippen LogP contribution in [0.5, 0.6) is 0 Å². The fourth-order valence-electron chi connectivity index (χ4n) is 9.49. The van der Waals surface area contributed by atoms with Gasteiger partial charge in [0.05, 0.1) is 25.1 Å². The van der Waals surface area contributed by atoms with Gasteiger partial charge in [0.25, 0.3) is 0 Å². The molecule has 3 fully saturated rings. The minimum Gasteiger partial charge on any atom is -0.545 e. The normalized spacial score (nSPS) is 37.5. The largest absolute Gasteiger partial charge is 0.545 e. The lowest BCUT2D eigenvalue weighted by Crippen LogP contribution is -2.62. The van der Waals surface area contributed by atoms with E-state index in [4.69, 9.17) is 18.0 Å². The van der Waals surface area contributed by atoms with Gasteiger partial charge in [0.2, 0.25) is 8.32 Å². The van der Waals surface area contributed by atoms with E-state index < -0.39 is 25.0 Å². The van der Waals surface area contributed by atoms with Crippen molar-refractivity contribution in [3.05, 3.63) is 23.5 Å². The van der Waals surface area contributed by atoms with E-state index in [0.29, 0.717) is 36.0 Å². The molecule has 0 bridgehead atoms. The number of methoxy groups -OCH3 is 1. The Kier molecular flexibility index (Phi) is 9.71. The van der Waals surface area contributed by atoms with E-state index in [-0.39, 0.29) is 29.0 Å². The van der Waals surface area contributed by atoms with Crippen LogP contribution in [-0.2, 0) is 22.8 Å². The average Bonchev–Trinajstić information content (AvgIpc) is 3.19. The maximum Gasteiger partial charge on any atom is 0.305 e. The van der Waals surface area contributed by atoms with Crippen molar-refractivity contribution in [1.82, 2.24) is 0 Å². The number of ether oxygens (including phenoxy) is 1. The summed E-state index contributed by atoms with van der Waals surface area (Å²) in [6, 6.07) is 0. The van der Waals surface area contributed by atoms with Gasteiger partial charge in [-0.1, -0.05) is 26.3 Å². The molecule has 0 aliphatic heterocycles. The second-order valence-electron chi connectivity index (χ2n) is 17.5. The summed E-state index contributed by atoms with van der Waals surface area (Å²) in [5.74, 6) is 3.59. The number of rotatable bonds is 10. The fraction of sp³-hybridized carbons (Fsp3) is 0.853. The van der Waals surface area contributed by atoms with Crippen LogP contribution in [0.2, 0.25) is 58.9 Å². The first-order valence-corrected chi connectivity index (χ1v) is 26.9. The predicted octanol–water partition coefficient (Wildman–Crippen LogP) is 9.16. The van der Waals surface area contributed by atoms with Crippen LogP contribution >= 0.6 is 0 Å². The van der Waals surface area contributed by atoms with Gasteiger partial charge in [-0.25, -0.2) is 0 Å². The quantitative estimate of drug-likeness (QED) is 0.177. The molecule has 9 atom stereocenters. The first-order chi connectivity index (χ1) is 19.2. The number of fused-ring (bicyclic) bond motifs is 5. The van der Waals surface area contributed by atoms with Gasteiger partial charge in [0.1, 0.15) is 0 Å². The summed E-state index contributed by atoms with van der Waals surface area (Å²) in [6.07, 6.45) is 12.3. The van der Waals surface area contributed by atoms with Gasteiger partial charge < -0.3 is 18.0 Å². The van der Waals surface area contributed by atoms with Gasteiger partial charge in [0.15, 0.2) is 16.6 Å². The molecular formula is C34H62O5Si3. The molecule has 0 aromatic rings. The van der Waals surface area contributed by atoms with Crippen LogP contribution in [0.4, 0.5) is 0 Å². The first kappa shape index (κ1) is 34.2. The molecule has 0 aromatic heterocycles. The highest BCUT2D eigenvalue weighted by Gasteiger charge is 2.66. The molecule has 0 amide bonds. The molecule has 240 valence electrons. The van der Waals surface area contributed by atoms with E-state index in [0.717, 1.165) is 31.4 Å². The summed E-state index contributed by atoms with van der Waals surface area (Å²) in [4.78, 5) is 12.1. The molecule has 0 saturated heterocycles. The Labute approximate surface area is 261 Å². The molecule has 0 N–H and O–H groups in total. The third kappa shape index (κ3) is 7.08. The van der Waals surface area contributed by atoms with Crippen LogP contribution in [0.1, 0.15) is 65.7 Å². The second-order valence-corrected chi connectivity index (χ2v) is 30.8. The zero-order valence-corrected chi connectivity index (χ0v) is 32.2. The summed E-state index contributed by atoms with van der Waals surface area (Å²) < 4.78 is 26.1. The van der Waals surface area contributed by atoms with Crippen LogP contribution in [0.3, 0.4) is 0 Å². The minimum atomic E-state index is -1.82. The molecule has 4 aliphatic carbocycles. The van der Waals surface area contributed by atoms with Crippen molar-refractivity contribution in [2.45, 2.75) is 137 Å². The third-order valence-electron chi connectivity index (χ3n) is 11.1. The Morgan fingerprint density at radius 3 is 2.17 bits per heavy atom. The molecular weight excluding hydrogens is 573 g/mol. The van der Waals surface area contributed by atoms with E-state index in [2.05, 4.69) is 91.8 Å². The lowest BCUT2D eigenvalue weighted by molar-refractivity contribution is -0.157. The van der Waals surface area contributed by atoms with Crippen molar-refractivity contribution in [1.29, 1.82) is 0 Å². The highest BCUT2D eigenvalue weighted by atomic mass is 28.4. The van der Waals surface area contributed by atoms with E-state index >= 15 is 0 Å². The van der Waals surface area contributed by atoms with Crippen LogP contribution in [0.15, 0.2) is 23.5 Å². The Morgan fingerprint density at radius 2 is 1.60 bits per heavy atom. The van der Waals surface area contributed by atoms with Crippen LogP contribution in [0.25, 0.3) is 0 Å². The van der Waals surface area contributed by atoms with Crippen molar-refractivity contribution in [2.75, 3.05) is 7.11 Å². The molecule has 4 rings (SSSR count). The topological polar surface area (TPSA) is 54.0 Å². The predicted molar refractivity (Wildman–Crippen MR) is 181 cm³/mol. The number of carbonyl (C=O) groups excluding carboxylic acids is 1. The molecule has 8 heteroatoms. The number of esters is 1. The average molecular weight is 635 g/mol. The van der Waals surface area contributed by atoms with Crippen LogP contribution in [0, 0.1) is 40.4 Å². The number of hydrogen-bond donors (Lipinski definition) is 0. The second kappa shape index (κ2) is 11.9. The molecule has 4 aliphatic rings. The lowest BCUT2D eigenvalue weighted by Gasteiger charge is -2.63. The highest BCUT2D eigenvalue weighted by molar-refractivity contribution is 6.70. The third-order valence-corrected chi connectivity index (χ3v) is 13.9. The van der Waals surface area contributed by atoms with Crippen molar-refractivity contribution < 1.29 is 22.8 Å². The minimum absolute atomic E-state index is 0.0756. The molecule has 0 radical (unpaired) electrons. The molecule has 4 unspecified atom stereocenters. The van der Waals surface area contributed by atoms with E-state index in [1.165, 1.54) is 20.0 Å². The first-order valence-electron chi connectivity index (χ1n) is 16.7. The van der Waals surface area contributed by atoms with Gasteiger partial charge in [-0.2, -0.15) is 0 Å². The lowest BCUT2D eigenvalue weighted by atomic mass is 9.45. The van der Waals surface area contributed by atoms with E-state index in [1.807, 2.05) is 0 Å². The Morgan fingerprint density at radius 1 is 0.952 bits per heavy atom. The highest BCUT2D eigenvalue weighted by Crippen LogP contribution is 2.69. The monoisotopic (exact) mass is 634 g/mol. The van der Waals surface area contributed by atoms with Crippen LogP contribution < -0.4 is 0 Å². The zero-order valence-electron chi connectivity index (χ0n) is 29.2. The smallest absolute Gasteiger partial charge is 0.305 e. The van der Waals surface area contributed by atoms with Gasteiger partial charge in [-0.05, 0) is 150 Å². The molecule has 0 heterocycles. The zero-order chi connectivity index (χ0) is 31.5. The van der Waals surface area contributed by atoms with Gasteiger partial charge in [-0.3, -0.25) is 4.79 Å². The maximum atomic E-state index is 12.1. The van der Waals surface area contributed by atoms with Gasteiger partial charge in [0, 0.05) is 6.42 Å². The molecule has 5 nitrogen and oxygen atoms in total. The summed E-state index contributed by atoms with van der Waals surface area (Å²) in [7, 11) is -3.80. The van der Waals surface area contributed by atoms with E-state index in [9.17, 15) is 4.79 Å². The van der Waals surface area contributed by atoms with Crippen LogP contribution in [-0.4, -0.2) is 50.2 Å². The Bertz CT molecular complexity index is 1070. The Balaban J connectivity index is 1.76. The molecule has 42 heavy (non-hydrogen) atoms. The van der Waals surface area contributed by atoms with Crippen molar-refractivity contribution >= 4 is 30.9 Å².